The van der Waals surface area contributed by atoms with Gasteiger partial charge in [0.15, 0.2) is 5.82 Å². The van der Waals surface area contributed by atoms with Gasteiger partial charge >= 0.3 is 0 Å². The normalized spacial score (nSPS) is 11.8. The average Bonchev–Trinajstić information content (AvgIpc) is 3.07. The molecule has 0 fully saturated rings. The Hall–Kier alpha value is -2.68. The lowest BCUT2D eigenvalue weighted by Gasteiger charge is -2.14. The van der Waals surface area contributed by atoms with E-state index in [0.29, 0.717) is 0 Å². The van der Waals surface area contributed by atoms with Crippen molar-refractivity contribution in [3.8, 4) is 0 Å². The van der Waals surface area contributed by atoms with Gasteiger partial charge in [-0.2, -0.15) is 0 Å². The van der Waals surface area contributed by atoms with E-state index in [1.54, 1.807) is 0 Å². The Morgan fingerprint density at radius 1 is 1.53 bits per heavy atom. The number of aromatic amines is 1. The molecule has 2 aromatic heterocycles. The van der Waals surface area contributed by atoms with Crippen LogP contribution in [0.1, 0.15) is 10.5 Å². The third kappa shape index (κ3) is 3.16. The second-order valence-electron chi connectivity index (χ2n) is 3.55. The number of hydrogen-bond donors (Lipinski definition) is 4. The van der Waals surface area contributed by atoms with Crippen molar-refractivity contribution in [1.29, 1.82) is 0 Å². The summed E-state index contributed by atoms with van der Waals surface area (Å²) in [6.45, 7) is -0.552. The van der Waals surface area contributed by atoms with E-state index >= 15 is 0 Å². The number of carbonyl (C=O) groups is 2. The van der Waals surface area contributed by atoms with Crippen LogP contribution in [-0.2, 0) is 4.79 Å². The number of aliphatic hydroxyl groups is 1. The van der Waals surface area contributed by atoms with Crippen LogP contribution in [0.3, 0.4) is 0 Å². The van der Waals surface area contributed by atoms with Crippen molar-refractivity contribution >= 4 is 17.6 Å². The van der Waals surface area contributed by atoms with Crippen LogP contribution in [0.4, 0.5) is 5.82 Å². The zero-order valence-corrected chi connectivity index (χ0v) is 9.66. The van der Waals surface area contributed by atoms with Gasteiger partial charge in [-0.15, -0.1) is 0 Å². The molecule has 0 radical (unpaired) electrons. The number of carbonyl (C=O) groups excluding carboxylic acids is 2. The molecule has 2 aromatic rings. The summed E-state index contributed by atoms with van der Waals surface area (Å²) >= 11 is 0. The summed E-state index contributed by atoms with van der Waals surface area (Å²) in [5.41, 5.74) is 0.188. The molecular formula is C10H11N5O4. The molecule has 4 N–H and O–H groups in total. The lowest BCUT2D eigenvalue weighted by atomic mass is 10.2. The Morgan fingerprint density at radius 2 is 2.37 bits per heavy atom. The highest BCUT2D eigenvalue weighted by molar-refractivity contribution is 5.99. The first kappa shape index (κ1) is 12.8. The Kier molecular flexibility index (Phi) is 3.88. The van der Waals surface area contributed by atoms with Gasteiger partial charge < -0.3 is 25.2 Å². The quantitative estimate of drug-likeness (QED) is 0.555. The summed E-state index contributed by atoms with van der Waals surface area (Å²) in [5.74, 6) is -0.963. The molecule has 0 aliphatic carbocycles. The second kappa shape index (κ2) is 5.78. The van der Waals surface area contributed by atoms with Crippen LogP contribution in [0, 0.1) is 0 Å². The van der Waals surface area contributed by atoms with Crippen molar-refractivity contribution in [3.63, 3.8) is 0 Å². The Bertz CT molecular complexity index is 536. The number of rotatable bonds is 5. The van der Waals surface area contributed by atoms with Crippen molar-refractivity contribution in [2.75, 3.05) is 11.9 Å². The molecule has 9 heteroatoms. The lowest BCUT2D eigenvalue weighted by molar-refractivity contribution is -0.118. The van der Waals surface area contributed by atoms with Crippen molar-refractivity contribution in [2.24, 2.45) is 0 Å². The molecule has 0 aromatic carbocycles. The molecule has 0 spiro atoms. The van der Waals surface area contributed by atoms with Gasteiger partial charge in [-0.25, -0.2) is 4.98 Å². The van der Waals surface area contributed by atoms with Crippen LogP contribution in [-0.4, -0.2) is 44.7 Å². The van der Waals surface area contributed by atoms with Crippen molar-refractivity contribution in [1.82, 2.24) is 20.4 Å². The maximum Gasteiger partial charge on any atom is 0.270 e. The summed E-state index contributed by atoms with van der Waals surface area (Å²) in [6.07, 6.45) is 3.92. The smallest absolute Gasteiger partial charge is 0.270 e. The molecule has 0 aliphatic rings. The van der Waals surface area contributed by atoms with Gasteiger partial charge in [-0.1, -0.05) is 5.16 Å². The molecule has 100 valence electrons. The number of nitrogens with one attached hydrogen (secondary N) is 3. The molecule has 2 heterocycles. The van der Waals surface area contributed by atoms with E-state index < -0.39 is 24.5 Å². The Balaban J connectivity index is 1.96. The first-order chi connectivity index (χ1) is 9.20. The molecule has 2 amide bonds. The van der Waals surface area contributed by atoms with Crippen LogP contribution in [0.2, 0.25) is 0 Å². The van der Waals surface area contributed by atoms with Gasteiger partial charge in [0.05, 0.1) is 19.1 Å². The fourth-order valence-electron chi connectivity index (χ4n) is 1.30. The van der Waals surface area contributed by atoms with Crippen LogP contribution in [0.5, 0.6) is 0 Å². The van der Waals surface area contributed by atoms with Crippen molar-refractivity contribution in [2.45, 2.75) is 6.04 Å². The molecule has 0 bridgehead atoms. The predicted molar refractivity (Wildman–Crippen MR) is 62.1 cm³/mol. The van der Waals surface area contributed by atoms with E-state index in [9.17, 15) is 9.59 Å². The van der Waals surface area contributed by atoms with E-state index in [0.717, 1.165) is 0 Å². The van der Waals surface area contributed by atoms with Gasteiger partial charge in [0.2, 0.25) is 0 Å². The highest BCUT2D eigenvalue weighted by Gasteiger charge is 2.21. The Morgan fingerprint density at radius 3 is 2.95 bits per heavy atom. The summed E-state index contributed by atoms with van der Waals surface area (Å²) in [5, 5.41) is 17.3. The van der Waals surface area contributed by atoms with Gasteiger partial charge in [0.25, 0.3) is 11.8 Å². The number of hydrogen-bond acceptors (Lipinski definition) is 6. The lowest BCUT2D eigenvalue weighted by Crippen LogP contribution is -2.46. The zero-order chi connectivity index (χ0) is 13.7. The van der Waals surface area contributed by atoms with Crippen LogP contribution in [0.15, 0.2) is 29.4 Å². The maximum absolute atomic E-state index is 11.8. The topological polar surface area (TPSA) is 133 Å². The van der Waals surface area contributed by atoms with Crippen LogP contribution >= 0.6 is 0 Å². The summed E-state index contributed by atoms with van der Waals surface area (Å²) < 4.78 is 4.54. The molecule has 2 rings (SSSR count). The van der Waals surface area contributed by atoms with E-state index in [2.05, 4.69) is 30.3 Å². The number of H-pyrrole nitrogens is 1. The highest BCUT2D eigenvalue weighted by Crippen LogP contribution is 2.02. The number of imidazole rings is 1. The van der Waals surface area contributed by atoms with E-state index in [1.165, 1.54) is 24.9 Å². The van der Waals surface area contributed by atoms with E-state index in [4.69, 9.17) is 5.11 Å². The summed E-state index contributed by atoms with van der Waals surface area (Å²) in [6, 6.07) is 0.329. The zero-order valence-electron chi connectivity index (χ0n) is 9.66. The SMILES string of the molecule is O=C(NC(CO)C(=O)Nc1ccon1)c1cnc[nH]1. The second-order valence-corrected chi connectivity index (χ2v) is 3.55. The van der Waals surface area contributed by atoms with Gasteiger partial charge in [0.1, 0.15) is 18.0 Å². The number of nitrogens with zero attached hydrogens (tertiary/aromatic N) is 2. The average molecular weight is 265 g/mol. The van der Waals surface area contributed by atoms with Gasteiger partial charge in [-0.05, 0) is 0 Å². The predicted octanol–water partition coefficient (Wildman–Crippen LogP) is -0.873. The first-order valence-electron chi connectivity index (χ1n) is 5.32. The molecule has 1 unspecified atom stereocenters. The summed E-state index contributed by atoms with van der Waals surface area (Å²) in [7, 11) is 0. The molecule has 9 nitrogen and oxygen atoms in total. The van der Waals surface area contributed by atoms with Crippen LogP contribution in [0.25, 0.3) is 0 Å². The minimum atomic E-state index is -1.10. The molecule has 0 saturated carbocycles. The number of aromatic nitrogens is 3. The number of anilines is 1. The minimum absolute atomic E-state index is 0.188. The van der Waals surface area contributed by atoms with Crippen LogP contribution < -0.4 is 10.6 Å². The molecule has 0 aliphatic heterocycles. The molecule has 1 atom stereocenters. The maximum atomic E-state index is 11.8. The third-order valence-corrected chi connectivity index (χ3v) is 2.24. The fourth-order valence-corrected chi connectivity index (χ4v) is 1.30. The molecule has 19 heavy (non-hydrogen) atoms. The van der Waals surface area contributed by atoms with E-state index in [1.807, 2.05) is 0 Å². The van der Waals surface area contributed by atoms with Crippen molar-refractivity contribution < 1.29 is 19.2 Å². The summed E-state index contributed by atoms with van der Waals surface area (Å²) in [4.78, 5) is 29.7. The van der Waals surface area contributed by atoms with Gasteiger partial charge in [0, 0.05) is 6.07 Å². The molecular weight excluding hydrogens is 254 g/mol. The number of amides is 2. The molecule has 0 saturated heterocycles. The van der Waals surface area contributed by atoms with Gasteiger partial charge in [-0.3, -0.25) is 9.59 Å². The van der Waals surface area contributed by atoms with Crippen molar-refractivity contribution in [3.05, 3.63) is 30.5 Å². The standard InChI is InChI=1S/C10H11N5O4/c16-4-7(10(18)14-8-1-2-19-15-8)13-9(17)6-3-11-5-12-6/h1-3,5,7,16H,4H2,(H,11,12)(H,13,17)(H,14,15,18). The first-order valence-corrected chi connectivity index (χ1v) is 5.32. The monoisotopic (exact) mass is 265 g/mol. The Labute approximate surface area is 107 Å². The number of aliphatic hydroxyl groups excluding tert-OH is 1. The third-order valence-electron chi connectivity index (χ3n) is 2.24. The fraction of sp³-hybridized carbons (Fsp3) is 0.200. The highest BCUT2D eigenvalue weighted by atomic mass is 16.5. The largest absolute Gasteiger partial charge is 0.394 e. The minimum Gasteiger partial charge on any atom is -0.394 e. The van der Waals surface area contributed by atoms with E-state index in [-0.39, 0.29) is 11.5 Å².